The minimum atomic E-state index is -3.71. The summed E-state index contributed by atoms with van der Waals surface area (Å²) in [5.74, 6) is 0.381. The molecule has 0 bridgehead atoms. The van der Waals surface area contributed by atoms with Gasteiger partial charge >= 0.3 is 0 Å². The molecule has 0 fully saturated rings. The van der Waals surface area contributed by atoms with Gasteiger partial charge in [-0.1, -0.05) is 18.5 Å². The Labute approximate surface area is 118 Å². The van der Waals surface area contributed by atoms with E-state index in [4.69, 9.17) is 23.2 Å². The van der Waals surface area contributed by atoms with Crippen molar-refractivity contribution in [2.75, 3.05) is 5.88 Å². The van der Waals surface area contributed by atoms with Gasteiger partial charge in [-0.2, -0.15) is 5.10 Å². The van der Waals surface area contributed by atoms with Crippen molar-refractivity contribution in [2.45, 2.75) is 37.3 Å². The number of halogens is 2. The molecule has 1 heterocycles. The van der Waals surface area contributed by atoms with Gasteiger partial charge < -0.3 is 0 Å². The van der Waals surface area contributed by atoms with Crippen LogP contribution in [0.1, 0.15) is 26.7 Å². The number of hydrogen-bond donors (Lipinski definition) is 1. The average molecular weight is 314 g/mol. The molecule has 1 aromatic heterocycles. The molecule has 0 amide bonds. The number of aromatic nitrogens is 2. The van der Waals surface area contributed by atoms with Gasteiger partial charge in [0.1, 0.15) is 0 Å². The van der Waals surface area contributed by atoms with Crippen molar-refractivity contribution in [3.63, 3.8) is 0 Å². The van der Waals surface area contributed by atoms with Crippen LogP contribution in [0.4, 0.5) is 0 Å². The molecular formula is C10H17Cl2N3O2S. The van der Waals surface area contributed by atoms with E-state index in [1.54, 1.807) is 0 Å². The SMILES string of the molecule is CCC(C)(CCCl)NS(=O)(=O)c1c(Cl)cnn1C. The Morgan fingerprint density at radius 1 is 1.56 bits per heavy atom. The molecule has 1 unspecified atom stereocenters. The van der Waals surface area contributed by atoms with Gasteiger partial charge in [0.15, 0.2) is 5.03 Å². The molecule has 104 valence electrons. The zero-order chi connectivity index (χ0) is 14.0. The van der Waals surface area contributed by atoms with Crippen LogP contribution >= 0.6 is 23.2 Å². The van der Waals surface area contributed by atoms with Crippen molar-refractivity contribution in [1.29, 1.82) is 0 Å². The van der Waals surface area contributed by atoms with E-state index < -0.39 is 15.6 Å². The highest BCUT2D eigenvalue weighted by Gasteiger charge is 2.31. The number of nitrogens with one attached hydrogen (secondary N) is 1. The maximum Gasteiger partial charge on any atom is 0.259 e. The molecule has 8 heteroatoms. The summed E-state index contributed by atoms with van der Waals surface area (Å²) in [6.07, 6.45) is 2.48. The highest BCUT2D eigenvalue weighted by Crippen LogP contribution is 2.24. The van der Waals surface area contributed by atoms with E-state index in [-0.39, 0.29) is 10.0 Å². The first-order valence-corrected chi connectivity index (χ1v) is 7.93. The standard InChI is InChI=1S/C10H17Cl2N3O2S/c1-4-10(2,5-6-11)14-18(16,17)9-8(12)7-13-15(9)3/h7,14H,4-6H2,1-3H3. The Kier molecular flexibility index (Phi) is 5.05. The second kappa shape index (κ2) is 5.77. The van der Waals surface area contributed by atoms with E-state index in [9.17, 15) is 8.42 Å². The first kappa shape index (κ1) is 15.8. The maximum atomic E-state index is 12.3. The van der Waals surface area contributed by atoms with Crippen LogP contribution in [0.15, 0.2) is 11.2 Å². The molecule has 0 radical (unpaired) electrons. The highest BCUT2D eigenvalue weighted by molar-refractivity contribution is 7.89. The summed E-state index contributed by atoms with van der Waals surface area (Å²) in [6.45, 7) is 3.72. The minimum Gasteiger partial charge on any atom is -0.255 e. The Bertz CT molecular complexity index is 496. The molecule has 0 saturated carbocycles. The summed E-state index contributed by atoms with van der Waals surface area (Å²) in [4.78, 5) is 0. The highest BCUT2D eigenvalue weighted by atomic mass is 35.5. The zero-order valence-electron chi connectivity index (χ0n) is 10.6. The van der Waals surface area contributed by atoms with Crippen LogP contribution in [0.2, 0.25) is 5.02 Å². The van der Waals surface area contributed by atoms with Crippen LogP contribution in [0.3, 0.4) is 0 Å². The third-order valence-electron chi connectivity index (χ3n) is 2.90. The van der Waals surface area contributed by atoms with Crippen molar-refractivity contribution in [2.24, 2.45) is 7.05 Å². The number of hydrogen-bond acceptors (Lipinski definition) is 3. The van der Waals surface area contributed by atoms with E-state index in [0.717, 1.165) is 0 Å². The lowest BCUT2D eigenvalue weighted by atomic mass is 9.97. The van der Waals surface area contributed by atoms with Crippen LogP contribution in [-0.2, 0) is 17.1 Å². The van der Waals surface area contributed by atoms with Crippen LogP contribution < -0.4 is 4.72 Å². The van der Waals surface area contributed by atoms with Gasteiger partial charge in [0.2, 0.25) is 0 Å². The van der Waals surface area contributed by atoms with Crippen molar-refractivity contribution >= 4 is 33.2 Å². The third-order valence-corrected chi connectivity index (χ3v) is 5.24. The van der Waals surface area contributed by atoms with Crippen molar-refractivity contribution in [3.05, 3.63) is 11.2 Å². The normalized spacial score (nSPS) is 15.6. The number of nitrogens with zero attached hydrogens (tertiary/aromatic N) is 2. The van der Waals surface area contributed by atoms with Crippen LogP contribution in [-0.4, -0.2) is 29.6 Å². The molecule has 1 rings (SSSR count). The summed E-state index contributed by atoms with van der Waals surface area (Å²) in [5.41, 5.74) is -0.589. The Balaban J connectivity index is 3.09. The summed E-state index contributed by atoms with van der Waals surface area (Å²) >= 11 is 11.6. The molecule has 1 aromatic rings. The lowest BCUT2D eigenvalue weighted by Crippen LogP contribution is -2.46. The van der Waals surface area contributed by atoms with E-state index >= 15 is 0 Å². The van der Waals surface area contributed by atoms with E-state index in [0.29, 0.717) is 18.7 Å². The fourth-order valence-electron chi connectivity index (χ4n) is 1.58. The number of rotatable bonds is 6. The molecule has 5 nitrogen and oxygen atoms in total. The van der Waals surface area contributed by atoms with E-state index in [2.05, 4.69) is 9.82 Å². The summed E-state index contributed by atoms with van der Waals surface area (Å²) in [6, 6.07) is 0. The van der Waals surface area contributed by atoms with Crippen molar-refractivity contribution in [1.82, 2.24) is 14.5 Å². The molecule has 0 aliphatic heterocycles. The second-order valence-corrected chi connectivity index (χ2v) is 6.76. The summed E-state index contributed by atoms with van der Waals surface area (Å²) in [7, 11) is -2.18. The summed E-state index contributed by atoms with van der Waals surface area (Å²) < 4.78 is 28.5. The number of sulfonamides is 1. The van der Waals surface area contributed by atoms with Gasteiger partial charge in [-0.15, -0.1) is 11.6 Å². The topological polar surface area (TPSA) is 64.0 Å². The van der Waals surface area contributed by atoms with Crippen LogP contribution in [0.25, 0.3) is 0 Å². The average Bonchev–Trinajstić information content (AvgIpc) is 2.58. The van der Waals surface area contributed by atoms with Crippen molar-refractivity contribution in [3.8, 4) is 0 Å². The maximum absolute atomic E-state index is 12.3. The molecule has 1 N–H and O–H groups in total. The van der Waals surface area contributed by atoms with Crippen molar-refractivity contribution < 1.29 is 8.42 Å². The fraction of sp³-hybridized carbons (Fsp3) is 0.700. The van der Waals surface area contributed by atoms with Gasteiger partial charge in [0.05, 0.1) is 11.2 Å². The second-order valence-electron chi connectivity index (χ2n) is 4.38. The molecule has 0 spiro atoms. The monoisotopic (exact) mass is 313 g/mol. The van der Waals surface area contributed by atoms with Gasteiger partial charge in [-0.05, 0) is 19.8 Å². The van der Waals surface area contributed by atoms with E-state index in [1.165, 1.54) is 17.9 Å². The third kappa shape index (κ3) is 3.38. The molecule has 18 heavy (non-hydrogen) atoms. The van der Waals surface area contributed by atoms with Gasteiger partial charge in [-0.25, -0.2) is 13.1 Å². The Hall–Kier alpha value is -0.300. The van der Waals surface area contributed by atoms with Gasteiger partial charge in [0, 0.05) is 18.5 Å². The quantitative estimate of drug-likeness (QED) is 0.818. The Morgan fingerprint density at radius 3 is 2.56 bits per heavy atom. The fourth-order valence-corrected chi connectivity index (χ4v) is 4.17. The molecule has 0 aliphatic carbocycles. The molecule has 0 aliphatic rings. The number of alkyl halides is 1. The molecule has 0 saturated heterocycles. The number of aryl methyl sites for hydroxylation is 1. The summed E-state index contributed by atoms with van der Waals surface area (Å²) in [5, 5.41) is 3.90. The Morgan fingerprint density at radius 2 is 2.17 bits per heavy atom. The van der Waals surface area contributed by atoms with E-state index in [1.807, 2.05) is 13.8 Å². The predicted molar refractivity (Wildman–Crippen MR) is 72.6 cm³/mol. The zero-order valence-corrected chi connectivity index (χ0v) is 12.9. The van der Waals surface area contributed by atoms with Crippen LogP contribution in [0.5, 0.6) is 0 Å². The first-order valence-electron chi connectivity index (χ1n) is 5.53. The molecular weight excluding hydrogens is 297 g/mol. The minimum absolute atomic E-state index is 0.0292. The largest absolute Gasteiger partial charge is 0.259 e. The lowest BCUT2D eigenvalue weighted by Gasteiger charge is -2.28. The lowest BCUT2D eigenvalue weighted by molar-refractivity contribution is 0.389. The predicted octanol–water partition coefficient (Wildman–Crippen LogP) is 2.15. The molecule has 1 atom stereocenters. The smallest absolute Gasteiger partial charge is 0.255 e. The molecule has 0 aromatic carbocycles. The first-order chi connectivity index (χ1) is 8.25. The van der Waals surface area contributed by atoms with Gasteiger partial charge in [0.25, 0.3) is 10.0 Å². The van der Waals surface area contributed by atoms with Gasteiger partial charge in [-0.3, -0.25) is 4.68 Å². The van der Waals surface area contributed by atoms with Crippen LogP contribution in [0, 0.1) is 0 Å².